The minimum Gasteiger partial charge on any atom is -0.618 e. The Kier molecular flexibility index (Phi) is 2.45. The number of rotatable bonds is 1. The van der Waals surface area contributed by atoms with Crippen LogP contribution in [0.15, 0.2) is 60.8 Å². The molecule has 3 heteroatoms. The van der Waals surface area contributed by atoms with Gasteiger partial charge in [0.25, 0.3) is 0 Å². The van der Waals surface area contributed by atoms with Crippen LogP contribution in [0.1, 0.15) is 0 Å². The van der Waals surface area contributed by atoms with Crippen molar-refractivity contribution in [2.45, 2.75) is 0 Å². The third-order valence-electron chi connectivity index (χ3n) is 2.97. The maximum atomic E-state index is 13.8. The van der Waals surface area contributed by atoms with E-state index in [2.05, 4.69) is 0 Å². The molecule has 2 aromatic carbocycles. The Balaban J connectivity index is 2.37. The van der Waals surface area contributed by atoms with Gasteiger partial charge in [0.1, 0.15) is 5.82 Å². The molecule has 2 nitrogen and oxygen atoms in total. The number of halogens is 1. The molecule has 0 aliphatic heterocycles. The second-order valence-electron chi connectivity index (χ2n) is 4.05. The van der Waals surface area contributed by atoms with E-state index in [9.17, 15) is 9.60 Å². The van der Waals surface area contributed by atoms with Crippen LogP contribution in [0.25, 0.3) is 22.0 Å². The van der Waals surface area contributed by atoms with Crippen LogP contribution in [0.3, 0.4) is 0 Å². The van der Waals surface area contributed by atoms with Crippen molar-refractivity contribution in [3.63, 3.8) is 0 Å². The van der Waals surface area contributed by atoms with Gasteiger partial charge in [0.05, 0.1) is 5.39 Å². The summed E-state index contributed by atoms with van der Waals surface area (Å²) in [7, 11) is 0. The Labute approximate surface area is 104 Å². The van der Waals surface area contributed by atoms with Gasteiger partial charge in [0.2, 0.25) is 5.52 Å². The largest absolute Gasteiger partial charge is 0.618 e. The monoisotopic (exact) mass is 239 g/mol. The molecule has 88 valence electrons. The van der Waals surface area contributed by atoms with Gasteiger partial charge in [0, 0.05) is 17.7 Å². The van der Waals surface area contributed by atoms with Gasteiger partial charge in [-0.25, -0.2) is 4.39 Å². The average Bonchev–Trinajstić information content (AvgIpc) is 2.40. The van der Waals surface area contributed by atoms with Gasteiger partial charge in [-0.3, -0.25) is 0 Å². The average molecular weight is 239 g/mol. The van der Waals surface area contributed by atoms with Crippen LogP contribution >= 0.6 is 0 Å². The Morgan fingerprint density at radius 1 is 0.833 bits per heavy atom. The summed E-state index contributed by atoms with van der Waals surface area (Å²) >= 11 is 0. The predicted molar refractivity (Wildman–Crippen MR) is 68.3 cm³/mol. The molecule has 0 aliphatic rings. The number of hydrogen-bond acceptors (Lipinski definition) is 1. The van der Waals surface area contributed by atoms with E-state index < -0.39 is 0 Å². The molecule has 18 heavy (non-hydrogen) atoms. The van der Waals surface area contributed by atoms with E-state index >= 15 is 0 Å². The summed E-state index contributed by atoms with van der Waals surface area (Å²) in [5.41, 5.74) is 1.78. The van der Waals surface area contributed by atoms with Gasteiger partial charge in [-0.2, -0.15) is 4.73 Å². The number of hydrogen-bond donors (Lipinski definition) is 0. The smallest absolute Gasteiger partial charge is 0.224 e. The molecule has 0 amide bonds. The maximum absolute atomic E-state index is 13.8. The molecule has 1 aromatic heterocycles. The summed E-state index contributed by atoms with van der Waals surface area (Å²) in [5, 5.41) is 12.4. The molecule has 0 aliphatic carbocycles. The first-order chi connectivity index (χ1) is 8.77. The second-order valence-corrected chi connectivity index (χ2v) is 4.05. The minimum atomic E-state index is -0.286. The first-order valence-electron chi connectivity index (χ1n) is 5.63. The number of benzene rings is 2. The summed E-state index contributed by atoms with van der Waals surface area (Å²) in [6, 6.07) is 15.4. The van der Waals surface area contributed by atoms with Crippen molar-refractivity contribution in [2.75, 3.05) is 0 Å². The normalized spacial score (nSPS) is 10.7. The van der Waals surface area contributed by atoms with Crippen LogP contribution in [0.2, 0.25) is 0 Å². The molecule has 0 fully saturated rings. The molecule has 3 rings (SSSR count). The molecule has 0 atom stereocenters. The SMILES string of the molecule is [O-][n+]1cccc2c(-c3ccccc3F)cccc21. The van der Waals surface area contributed by atoms with Crippen LogP contribution in [0, 0.1) is 11.0 Å². The minimum absolute atomic E-state index is 0.286. The van der Waals surface area contributed by atoms with Crippen molar-refractivity contribution in [3.8, 4) is 11.1 Å². The third kappa shape index (κ3) is 1.61. The van der Waals surface area contributed by atoms with Crippen molar-refractivity contribution < 1.29 is 9.12 Å². The molecular weight excluding hydrogens is 229 g/mol. The van der Waals surface area contributed by atoms with Gasteiger partial charge in [-0.15, -0.1) is 0 Å². The Morgan fingerprint density at radius 2 is 1.61 bits per heavy atom. The summed E-state index contributed by atoms with van der Waals surface area (Å²) in [5.74, 6) is -0.286. The highest BCUT2D eigenvalue weighted by molar-refractivity contribution is 5.93. The van der Waals surface area contributed by atoms with Crippen LogP contribution in [-0.4, -0.2) is 0 Å². The van der Waals surface area contributed by atoms with Crippen molar-refractivity contribution in [1.29, 1.82) is 0 Å². The van der Waals surface area contributed by atoms with Gasteiger partial charge in [-0.05, 0) is 17.7 Å². The van der Waals surface area contributed by atoms with E-state index in [4.69, 9.17) is 0 Å². The quantitative estimate of drug-likeness (QED) is 0.473. The zero-order valence-corrected chi connectivity index (χ0v) is 9.51. The van der Waals surface area contributed by atoms with E-state index in [1.807, 2.05) is 12.1 Å². The van der Waals surface area contributed by atoms with Crippen LogP contribution < -0.4 is 4.73 Å². The fraction of sp³-hybridized carbons (Fsp3) is 0. The summed E-state index contributed by atoms with van der Waals surface area (Å²) < 4.78 is 14.6. The lowest BCUT2D eigenvalue weighted by Crippen LogP contribution is -2.25. The number of pyridine rings is 1. The predicted octanol–water partition coefficient (Wildman–Crippen LogP) is 3.28. The molecule has 0 radical (unpaired) electrons. The highest BCUT2D eigenvalue weighted by atomic mass is 19.1. The lowest BCUT2D eigenvalue weighted by atomic mass is 10.0. The van der Waals surface area contributed by atoms with Crippen LogP contribution in [-0.2, 0) is 0 Å². The van der Waals surface area contributed by atoms with Crippen molar-refractivity contribution in [1.82, 2.24) is 0 Å². The molecule has 3 aromatic rings. The first kappa shape index (κ1) is 10.7. The van der Waals surface area contributed by atoms with E-state index in [0.717, 1.165) is 15.7 Å². The molecule has 0 spiro atoms. The zero-order chi connectivity index (χ0) is 12.5. The Morgan fingerprint density at radius 3 is 2.44 bits per heavy atom. The van der Waals surface area contributed by atoms with Crippen LogP contribution in [0.4, 0.5) is 4.39 Å². The second kappa shape index (κ2) is 4.11. The van der Waals surface area contributed by atoms with E-state index in [0.29, 0.717) is 11.1 Å². The maximum Gasteiger partial charge on any atom is 0.224 e. The standard InChI is InChI=1S/C15H10FNO/c16-14-8-2-1-5-12(14)11-6-3-9-15-13(11)7-4-10-17(15)18/h1-10H. The van der Waals surface area contributed by atoms with Crippen molar-refractivity contribution in [2.24, 2.45) is 0 Å². The Bertz CT molecular complexity index is 725. The van der Waals surface area contributed by atoms with E-state index in [-0.39, 0.29) is 5.82 Å². The third-order valence-corrected chi connectivity index (χ3v) is 2.97. The van der Waals surface area contributed by atoms with Crippen molar-refractivity contribution in [3.05, 3.63) is 71.8 Å². The molecule has 1 heterocycles. The molecule has 0 saturated carbocycles. The van der Waals surface area contributed by atoms with Crippen LogP contribution in [0.5, 0.6) is 0 Å². The molecule has 0 N–H and O–H groups in total. The first-order valence-corrected chi connectivity index (χ1v) is 5.63. The topological polar surface area (TPSA) is 26.9 Å². The van der Waals surface area contributed by atoms with E-state index in [1.165, 1.54) is 12.3 Å². The highest BCUT2D eigenvalue weighted by Gasteiger charge is 2.11. The number of fused-ring (bicyclic) bond motifs is 1. The molecule has 0 saturated heterocycles. The zero-order valence-electron chi connectivity index (χ0n) is 9.51. The van der Waals surface area contributed by atoms with Gasteiger partial charge in [0.15, 0.2) is 6.20 Å². The lowest BCUT2D eigenvalue weighted by Gasteiger charge is -2.07. The fourth-order valence-corrected chi connectivity index (χ4v) is 2.13. The van der Waals surface area contributed by atoms with Gasteiger partial charge >= 0.3 is 0 Å². The van der Waals surface area contributed by atoms with Crippen molar-refractivity contribution >= 4 is 10.9 Å². The molecular formula is C15H10FNO. The Hall–Kier alpha value is -2.42. The fourth-order valence-electron chi connectivity index (χ4n) is 2.13. The molecule has 0 unspecified atom stereocenters. The number of aromatic nitrogens is 1. The van der Waals surface area contributed by atoms with Gasteiger partial charge in [-0.1, -0.05) is 30.3 Å². The molecule has 0 bridgehead atoms. The van der Waals surface area contributed by atoms with Gasteiger partial charge < -0.3 is 5.21 Å². The summed E-state index contributed by atoms with van der Waals surface area (Å²) in [6.45, 7) is 0. The number of nitrogens with zero attached hydrogens (tertiary/aromatic N) is 1. The summed E-state index contributed by atoms with van der Waals surface area (Å²) in [6.07, 6.45) is 1.44. The lowest BCUT2D eigenvalue weighted by molar-refractivity contribution is -0.577. The van der Waals surface area contributed by atoms with E-state index in [1.54, 1.807) is 36.4 Å². The highest BCUT2D eigenvalue weighted by Crippen LogP contribution is 2.28. The summed E-state index contributed by atoms with van der Waals surface area (Å²) in [4.78, 5) is 0.